The Morgan fingerprint density at radius 1 is 1.08 bits per heavy atom. The van der Waals surface area contributed by atoms with Crippen molar-refractivity contribution in [2.45, 2.75) is 18.8 Å². The number of methoxy groups -OCH3 is 1. The van der Waals surface area contributed by atoms with Gasteiger partial charge in [-0.05, 0) is 47.5 Å². The number of hydrogen-bond donors (Lipinski definition) is 1. The average Bonchev–Trinajstić information content (AvgIpc) is 3.20. The van der Waals surface area contributed by atoms with Gasteiger partial charge in [-0.3, -0.25) is 14.9 Å². The van der Waals surface area contributed by atoms with Crippen molar-refractivity contribution in [2.24, 2.45) is 0 Å². The molecule has 192 valence electrons. The third kappa shape index (κ3) is 5.70. The third-order valence-corrected chi connectivity index (χ3v) is 5.46. The van der Waals surface area contributed by atoms with Crippen LogP contribution in [0.2, 0.25) is 0 Å². The lowest BCUT2D eigenvalue weighted by atomic mass is 10.0. The van der Waals surface area contributed by atoms with Crippen LogP contribution in [-0.2, 0) is 11.4 Å². The molecule has 0 radical (unpaired) electrons. The van der Waals surface area contributed by atoms with E-state index >= 15 is 0 Å². The number of hydrazine groups is 1. The molecule has 1 saturated heterocycles. The van der Waals surface area contributed by atoms with Crippen molar-refractivity contribution < 1.29 is 36.8 Å². The maximum Gasteiger partial charge on any atom is 0.409 e. The quantitative estimate of drug-likeness (QED) is 0.201. The molecule has 1 fully saturated rings. The lowest BCUT2D eigenvalue weighted by Gasteiger charge is -2.18. The molecule has 0 aromatic heterocycles. The monoisotopic (exact) mass is 517 g/mol. The van der Waals surface area contributed by atoms with Crippen LogP contribution in [0.5, 0.6) is 11.5 Å². The first-order chi connectivity index (χ1) is 17.6. The molecule has 1 unspecified atom stereocenters. The highest BCUT2D eigenvalue weighted by atomic mass is 19.4. The predicted molar refractivity (Wildman–Crippen MR) is 125 cm³/mol. The van der Waals surface area contributed by atoms with E-state index in [1.807, 2.05) is 0 Å². The zero-order valence-electron chi connectivity index (χ0n) is 19.2. The highest BCUT2D eigenvalue weighted by molar-refractivity contribution is 6.11. The molecule has 3 aromatic carbocycles. The summed E-state index contributed by atoms with van der Waals surface area (Å²) >= 11 is 0. The van der Waals surface area contributed by atoms with Crippen molar-refractivity contribution in [3.63, 3.8) is 0 Å². The summed E-state index contributed by atoms with van der Waals surface area (Å²) in [5.41, 5.74) is 1.85. The molecule has 1 atom stereocenters. The number of amides is 1. The molecule has 1 amide bonds. The molecule has 0 bridgehead atoms. The van der Waals surface area contributed by atoms with Gasteiger partial charge in [0.05, 0.1) is 17.7 Å². The maximum absolute atomic E-state index is 13.9. The minimum Gasteiger partial charge on any atom is -0.493 e. The van der Waals surface area contributed by atoms with E-state index in [9.17, 15) is 32.5 Å². The van der Waals surface area contributed by atoms with E-state index in [4.69, 9.17) is 9.47 Å². The molecule has 4 rings (SSSR count). The summed E-state index contributed by atoms with van der Waals surface area (Å²) < 4.78 is 65.7. The number of nitrogens with one attached hydrogen (secondary N) is 1. The summed E-state index contributed by atoms with van der Waals surface area (Å²) in [4.78, 5) is 23.4. The van der Waals surface area contributed by atoms with Crippen LogP contribution < -0.4 is 19.9 Å². The fourth-order valence-electron chi connectivity index (χ4n) is 3.66. The van der Waals surface area contributed by atoms with E-state index in [-0.39, 0.29) is 29.3 Å². The number of benzene rings is 3. The first-order valence-electron chi connectivity index (χ1n) is 10.8. The number of nitro groups is 1. The topological polar surface area (TPSA) is 93.9 Å². The van der Waals surface area contributed by atoms with Crippen molar-refractivity contribution in [3.05, 3.63) is 99.4 Å². The normalized spacial score (nSPS) is 16.8. The van der Waals surface area contributed by atoms with Gasteiger partial charge in [0.15, 0.2) is 17.5 Å². The Labute approximate surface area is 207 Å². The van der Waals surface area contributed by atoms with Crippen LogP contribution in [-0.4, -0.2) is 30.2 Å². The second kappa shape index (κ2) is 10.3. The molecule has 1 heterocycles. The zero-order valence-corrected chi connectivity index (χ0v) is 19.2. The standard InChI is InChI=1S/C25H19F4N3O5/c1-36-21-10-7-16(12-22(21)37-14-15-5-8-17(26)9-6-15)11-20-23(25(27,28)29)30-31(24(20)33)18-3-2-4-19(13-18)32(34)35/h2-13,23,30H,14H2,1H3/b20-11-. The number of nitrogens with zero attached hydrogens (tertiary/aromatic N) is 2. The van der Waals surface area contributed by atoms with Gasteiger partial charge in [0, 0.05) is 17.7 Å². The smallest absolute Gasteiger partial charge is 0.409 e. The molecule has 0 saturated carbocycles. The summed E-state index contributed by atoms with van der Waals surface area (Å²) in [7, 11) is 1.39. The number of anilines is 1. The van der Waals surface area contributed by atoms with Crippen LogP contribution in [0.15, 0.2) is 72.3 Å². The van der Waals surface area contributed by atoms with Crippen molar-refractivity contribution in [1.29, 1.82) is 0 Å². The number of nitro benzene ring substituents is 1. The Kier molecular flexibility index (Phi) is 7.11. The van der Waals surface area contributed by atoms with Gasteiger partial charge in [0.2, 0.25) is 0 Å². The van der Waals surface area contributed by atoms with Gasteiger partial charge in [0.1, 0.15) is 12.4 Å². The molecule has 1 aliphatic rings. The summed E-state index contributed by atoms with van der Waals surface area (Å²) in [6.07, 6.45) is -3.78. The summed E-state index contributed by atoms with van der Waals surface area (Å²) in [5, 5.41) is 11.7. The number of carbonyl (C=O) groups excluding carboxylic acids is 1. The summed E-state index contributed by atoms with van der Waals surface area (Å²) in [6.45, 7) is 0.0306. The van der Waals surface area contributed by atoms with Gasteiger partial charge in [0.25, 0.3) is 11.6 Å². The maximum atomic E-state index is 13.9. The van der Waals surface area contributed by atoms with Gasteiger partial charge < -0.3 is 9.47 Å². The predicted octanol–water partition coefficient (Wildman–Crippen LogP) is 5.19. The van der Waals surface area contributed by atoms with Crippen LogP contribution in [0.3, 0.4) is 0 Å². The minimum absolute atomic E-state index is 0.0306. The first-order valence-corrected chi connectivity index (χ1v) is 10.8. The van der Waals surface area contributed by atoms with Gasteiger partial charge >= 0.3 is 6.18 Å². The Bertz CT molecular complexity index is 1360. The molecular weight excluding hydrogens is 498 g/mol. The van der Waals surface area contributed by atoms with Crippen LogP contribution >= 0.6 is 0 Å². The number of hydrogen-bond acceptors (Lipinski definition) is 6. The first kappa shape index (κ1) is 25.6. The fourth-order valence-corrected chi connectivity index (χ4v) is 3.66. The number of alkyl halides is 3. The van der Waals surface area contributed by atoms with Crippen LogP contribution in [0.25, 0.3) is 6.08 Å². The summed E-state index contributed by atoms with van der Waals surface area (Å²) in [6, 6.07) is 12.2. The van der Waals surface area contributed by atoms with Crippen molar-refractivity contribution >= 4 is 23.4 Å². The fraction of sp³-hybridized carbons (Fsp3) is 0.160. The van der Waals surface area contributed by atoms with Gasteiger partial charge in [-0.1, -0.05) is 24.3 Å². The van der Waals surface area contributed by atoms with Crippen molar-refractivity contribution in [3.8, 4) is 11.5 Å². The Hall–Kier alpha value is -4.45. The van der Waals surface area contributed by atoms with Crippen molar-refractivity contribution in [2.75, 3.05) is 12.1 Å². The number of carbonyl (C=O) groups is 1. The van der Waals surface area contributed by atoms with Crippen LogP contribution in [0.4, 0.5) is 28.9 Å². The highest BCUT2D eigenvalue weighted by Crippen LogP contribution is 2.36. The van der Waals surface area contributed by atoms with Gasteiger partial charge in [-0.15, -0.1) is 0 Å². The lowest BCUT2D eigenvalue weighted by molar-refractivity contribution is -0.384. The van der Waals surface area contributed by atoms with E-state index in [2.05, 4.69) is 5.43 Å². The second-order valence-corrected chi connectivity index (χ2v) is 7.95. The zero-order chi connectivity index (χ0) is 26.7. The summed E-state index contributed by atoms with van der Waals surface area (Å²) in [5.74, 6) is -0.944. The van der Waals surface area contributed by atoms with Gasteiger partial charge in [-0.2, -0.15) is 13.2 Å². The molecule has 3 aromatic rings. The Morgan fingerprint density at radius 2 is 1.81 bits per heavy atom. The molecule has 1 N–H and O–H groups in total. The highest BCUT2D eigenvalue weighted by Gasteiger charge is 2.51. The minimum atomic E-state index is -4.84. The number of ether oxygens (including phenoxy) is 2. The molecular formula is C25H19F4N3O5. The lowest BCUT2D eigenvalue weighted by Crippen LogP contribution is -2.44. The average molecular weight is 517 g/mol. The number of halogens is 4. The van der Waals surface area contributed by atoms with E-state index in [1.165, 1.54) is 61.7 Å². The molecule has 0 spiro atoms. The molecule has 12 heteroatoms. The number of rotatable bonds is 7. The van der Waals surface area contributed by atoms with Crippen LogP contribution in [0, 0.1) is 15.9 Å². The third-order valence-electron chi connectivity index (χ3n) is 5.46. The number of non-ortho nitro benzene ring substituents is 1. The molecule has 0 aliphatic carbocycles. The van der Waals surface area contributed by atoms with E-state index in [0.717, 1.165) is 18.2 Å². The Morgan fingerprint density at radius 3 is 2.46 bits per heavy atom. The van der Waals surface area contributed by atoms with E-state index in [1.54, 1.807) is 0 Å². The van der Waals surface area contributed by atoms with Crippen LogP contribution in [0.1, 0.15) is 11.1 Å². The SMILES string of the molecule is COc1ccc(/C=C2\C(=O)N(c3cccc([N+](=O)[O-])c3)NC2C(F)(F)F)cc1OCc1ccc(F)cc1. The second-order valence-electron chi connectivity index (χ2n) is 7.95. The van der Waals surface area contributed by atoms with Gasteiger partial charge in [-0.25, -0.2) is 14.8 Å². The molecule has 37 heavy (non-hydrogen) atoms. The molecule has 1 aliphatic heterocycles. The largest absolute Gasteiger partial charge is 0.493 e. The van der Waals surface area contributed by atoms with Crippen molar-refractivity contribution in [1.82, 2.24) is 5.43 Å². The Balaban J connectivity index is 1.66. The van der Waals surface area contributed by atoms with E-state index < -0.39 is 34.4 Å². The molecule has 8 nitrogen and oxygen atoms in total. The van der Waals surface area contributed by atoms with E-state index in [0.29, 0.717) is 16.3 Å².